The molecule has 0 fully saturated rings. The predicted octanol–water partition coefficient (Wildman–Crippen LogP) is 3.38. The molecule has 2 rings (SSSR count). The lowest BCUT2D eigenvalue weighted by atomic mass is 9.99. The summed E-state index contributed by atoms with van der Waals surface area (Å²) in [6.45, 7) is 5.70. The second-order valence-electron chi connectivity index (χ2n) is 5.49. The van der Waals surface area contributed by atoms with Crippen molar-refractivity contribution in [3.8, 4) is 0 Å². The number of ether oxygens (including phenoxy) is 1. The Morgan fingerprint density at radius 3 is 2.68 bits per heavy atom. The van der Waals surface area contributed by atoms with E-state index in [2.05, 4.69) is 15.9 Å². The summed E-state index contributed by atoms with van der Waals surface area (Å²) < 4.78 is 6.18. The van der Waals surface area contributed by atoms with E-state index in [1.807, 2.05) is 6.07 Å². The summed E-state index contributed by atoms with van der Waals surface area (Å²) in [5.41, 5.74) is 0.927. The first kappa shape index (κ1) is 14.1. The van der Waals surface area contributed by atoms with Crippen LogP contribution < -0.4 is 0 Å². The van der Waals surface area contributed by atoms with Gasteiger partial charge in [-0.05, 0) is 51.0 Å². The molecule has 1 aromatic carbocycles. The van der Waals surface area contributed by atoms with Crippen LogP contribution in [0, 0.1) is 0 Å². The zero-order valence-electron chi connectivity index (χ0n) is 11.2. The Morgan fingerprint density at radius 1 is 1.37 bits per heavy atom. The Morgan fingerprint density at radius 2 is 2.05 bits per heavy atom. The van der Waals surface area contributed by atoms with Crippen LogP contribution in [-0.2, 0) is 11.2 Å². The Labute approximate surface area is 120 Å². The van der Waals surface area contributed by atoms with Gasteiger partial charge in [0.15, 0.2) is 0 Å². The maximum atomic E-state index is 12.3. The Balaban J connectivity index is 2.22. The third kappa shape index (κ3) is 3.15. The van der Waals surface area contributed by atoms with Crippen LogP contribution in [0.4, 0.5) is 4.79 Å². The van der Waals surface area contributed by atoms with Gasteiger partial charge in [-0.2, -0.15) is 0 Å². The molecule has 5 heteroatoms. The summed E-state index contributed by atoms with van der Waals surface area (Å²) in [6.07, 6.45) is 0.0748. The first-order valence-electron chi connectivity index (χ1n) is 6.11. The summed E-state index contributed by atoms with van der Waals surface area (Å²) in [5.74, 6) is -0.289. The summed E-state index contributed by atoms with van der Waals surface area (Å²) >= 11 is 3.38. The van der Waals surface area contributed by atoms with Gasteiger partial charge in [0.2, 0.25) is 0 Å². The summed E-state index contributed by atoms with van der Waals surface area (Å²) in [7, 11) is 0. The number of imide groups is 1. The number of nitrogens with zero attached hydrogens (tertiary/aromatic N) is 1. The molecule has 19 heavy (non-hydrogen) atoms. The normalized spacial score (nSPS) is 15.2. The highest BCUT2D eigenvalue weighted by Crippen LogP contribution is 2.24. The largest absolute Gasteiger partial charge is 0.443 e. The van der Waals surface area contributed by atoms with Crippen molar-refractivity contribution >= 4 is 27.9 Å². The van der Waals surface area contributed by atoms with Crippen molar-refractivity contribution < 1.29 is 14.3 Å². The van der Waals surface area contributed by atoms with Gasteiger partial charge < -0.3 is 4.74 Å². The second kappa shape index (κ2) is 4.96. The van der Waals surface area contributed by atoms with Crippen LogP contribution in [-0.4, -0.2) is 29.0 Å². The van der Waals surface area contributed by atoms with E-state index in [0.29, 0.717) is 18.5 Å². The third-order valence-electron chi connectivity index (χ3n) is 2.76. The van der Waals surface area contributed by atoms with Gasteiger partial charge in [-0.25, -0.2) is 9.69 Å². The lowest BCUT2D eigenvalue weighted by Gasteiger charge is -2.29. The van der Waals surface area contributed by atoms with Crippen LogP contribution in [0.15, 0.2) is 22.7 Å². The standard InChI is InChI=1S/C14H16BrNO3/c1-14(2,3)19-13(18)16-7-6-9-8-10(15)4-5-11(9)12(16)17/h4-5,8H,6-7H2,1-3H3. The van der Waals surface area contributed by atoms with E-state index >= 15 is 0 Å². The first-order chi connectivity index (χ1) is 8.78. The van der Waals surface area contributed by atoms with Crippen LogP contribution in [0.2, 0.25) is 0 Å². The number of benzene rings is 1. The van der Waals surface area contributed by atoms with Gasteiger partial charge in [0.1, 0.15) is 5.60 Å². The summed E-state index contributed by atoms with van der Waals surface area (Å²) in [4.78, 5) is 25.4. The molecule has 0 saturated carbocycles. The molecular weight excluding hydrogens is 310 g/mol. The molecular formula is C14H16BrNO3. The number of rotatable bonds is 0. The topological polar surface area (TPSA) is 46.6 Å². The average Bonchev–Trinajstić information content (AvgIpc) is 2.26. The molecule has 1 aliphatic heterocycles. The molecule has 0 N–H and O–H groups in total. The molecule has 1 aliphatic rings. The highest BCUT2D eigenvalue weighted by molar-refractivity contribution is 9.10. The van der Waals surface area contributed by atoms with E-state index in [-0.39, 0.29) is 5.91 Å². The summed E-state index contributed by atoms with van der Waals surface area (Å²) in [5, 5.41) is 0. The lowest BCUT2D eigenvalue weighted by molar-refractivity contribution is 0.0233. The number of hydrogen-bond acceptors (Lipinski definition) is 3. The molecule has 1 heterocycles. The van der Waals surface area contributed by atoms with Crippen LogP contribution in [0.1, 0.15) is 36.7 Å². The minimum absolute atomic E-state index is 0.289. The molecule has 102 valence electrons. The summed E-state index contributed by atoms with van der Waals surface area (Å²) in [6, 6.07) is 5.45. The minimum atomic E-state index is -0.600. The van der Waals surface area contributed by atoms with E-state index in [4.69, 9.17) is 4.74 Å². The van der Waals surface area contributed by atoms with E-state index in [0.717, 1.165) is 10.0 Å². The van der Waals surface area contributed by atoms with Gasteiger partial charge in [-0.3, -0.25) is 4.79 Å². The molecule has 0 atom stereocenters. The molecule has 0 aromatic heterocycles. The van der Waals surface area contributed by atoms with Gasteiger partial charge in [0.05, 0.1) is 0 Å². The van der Waals surface area contributed by atoms with Crippen LogP contribution >= 0.6 is 15.9 Å². The predicted molar refractivity (Wildman–Crippen MR) is 75.1 cm³/mol. The van der Waals surface area contributed by atoms with E-state index in [1.54, 1.807) is 32.9 Å². The van der Waals surface area contributed by atoms with Crippen LogP contribution in [0.25, 0.3) is 0 Å². The van der Waals surface area contributed by atoms with Crippen LogP contribution in [0.5, 0.6) is 0 Å². The van der Waals surface area contributed by atoms with Gasteiger partial charge >= 0.3 is 6.09 Å². The fourth-order valence-electron chi connectivity index (χ4n) is 1.95. The van der Waals surface area contributed by atoms with Crippen molar-refractivity contribution in [1.82, 2.24) is 4.90 Å². The number of halogens is 1. The molecule has 0 bridgehead atoms. The van der Waals surface area contributed by atoms with Crippen LogP contribution in [0.3, 0.4) is 0 Å². The zero-order chi connectivity index (χ0) is 14.2. The molecule has 0 spiro atoms. The van der Waals surface area contributed by atoms with Crippen molar-refractivity contribution in [3.63, 3.8) is 0 Å². The Hall–Kier alpha value is -1.36. The molecule has 0 unspecified atom stereocenters. The first-order valence-corrected chi connectivity index (χ1v) is 6.90. The second-order valence-corrected chi connectivity index (χ2v) is 6.40. The zero-order valence-corrected chi connectivity index (χ0v) is 12.8. The van der Waals surface area contributed by atoms with E-state index in [9.17, 15) is 9.59 Å². The van der Waals surface area contributed by atoms with E-state index < -0.39 is 11.7 Å². The quantitative estimate of drug-likeness (QED) is 0.734. The fourth-order valence-corrected chi connectivity index (χ4v) is 2.36. The lowest BCUT2D eigenvalue weighted by Crippen LogP contribution is -2.44. The maximum Gasteiger partial charge on any atom is 0.417 e. The van der Waals surface area contributed by atoms with Crippen molar-refractivity contribution in [3.05, 3.63) is 33.8 Å². The van der Waals surface area contributed by atoms with Gasteiger partial charge in [-0.1, -0.05) is 15.9 Å². The Bertz CT molecular complexity index is 534. The number of carbonyl (C=O) groups excluding carboxylic acids is 2. The SMILES string of the molecule is CC(C)(C)OC(=O)N1CCc2cc(Br)ccc2C1=O. The van der Waals surface area contributed by atoms with Gasteiger partial charge in [0, 0.05) is 16.6 Å². The number of amides is 2. The number of fused-ring (bicyclic) bond motifs is 1. The molecule has 0 saturated heterocycles. The minimum Gasteiger partial charge on any atom is -0.443 e. The monoisotopic (exact) mass is 325 g/mol. The van der Waals surface area contributed by atoms with E-state index in [1.165, 1.54) is 4.90 Å². The molecule has 2 amide bonds. The van der Waals surface area contributed by atoms with Gasteiger partial charge in [0.25, 0.3) is 5.91 Å². The maximum absolute atomic E-state index is 12.3. The molecule has 1 aromatic rings. The average molecular weight is 326 g/mol. The Kier molecular flexibility index (Phi) is 3.67. The van der Waals surface area contributed by atoms with Crippen molar-refractivity contribution in [2.45, 2.75) is 32.8 Å². The molecule has 0 aliphatic carbocycles. The smallest absolute Gasteiger partial charge is 0.417 e. The fraction of sp³-hybridized carbons (Fsp3) is 0.429. The van der Waals surface area contributed by atoms with Crippen molar-refractivity contribution in [1.29, 1.82) is 0 Å². The number of carbonyl (C=O) groups is 2. The highest BCUT2D eigenvalue weighted by atomic mass is 79.9. The van der Waals surface area contributed by atoms with Crippen molar-refractivity contribution in [2.24, 2.45) is 0 Å². The third-order valence-corrected chi connectivity index (χ3v) is 3.25. The molecule has 0 radical (unpaired) electrons. The molecule has 4 nitrogen and oxygen atoms in total. The van der Waals surface area contributed by atoms with Crippen molar-refractivity contribution in [2.75, 3.05) is 6.54 Å². The van der Waals surface area contributed by atoms with Gasteiger partial charge in [-0.15, -0.1) is 0 Å². The highest BCUT2D eigenvalue weighted by Gasteiger charge is 2.32. The number of hydrogen-bond donors (Lipinski definition) is 0.